The van der Waals surface area contributed by atoms with E-state index in [0.717, 1.165) is 31.2 Å². The van der Waals surface area contributed by atoms with Crippen LogP contribution in [0.5, 0.6) is 0 Å². The molecular weight excluding hydrogens is 300 g/mol. The Kier molecular flexibility index (Phi) is 5.57. The van der Waals surface area contributed by atoms with E-state index in [0.29, 0.717) is 5.92 Å². The van der Waals surface area contributed by atoms with E-state index in [1.165, 1.54) is 4.31 Å². The Morgan fingerprint density at radius 3 is 2.32 bits per heavy atom. The summed E-state index contributed by atoms with van der Waals surface area (Å²) in [5.74, 6) is 0.303. The second-order valence-corrected chi connectivity index (χ2v) is 7.85. The normalized spacial score (nSPS) is 22.5. The zero-order chi connectivity index (χ0) is 16.2. The summed E-state index contributed by atoms with van der Waals surface area (Å²) in [7, 11) is -1.88. The van der Waals surface area contributed by atoms with Gasteiger partial charge in [-0.3, -0.25) is 0 Å². The monoisotopic (exact) mass is 322 g/mol. The lowest BCUT2D eigenvalue weighted by Crippen LogP contribution is -2.39. The summed E-state index contributed by atoms with van der Waals surface area (Å²) in [6.45, 7) is 0.184. The predicted molar refractivity (Wildman–Crippen MR) is 83.5 cm³/mol. The van der Waals surface area contributed by atoms with Crippen LogP contribution < -0.4 is 0 Å². The smallest absolute Gasteiger partial charge is 0.243 e. The van der Waals surface area contributed by atoms with Gasteiger partial charge in [0.15, 0.2) is 0 Å². The van der Waals surface area contributed by atoms with Crippen molar-refractivity contribution in [1.82, 2.24) is 4.31 Å². The topological polar surface area (TPSA) is 81.4 Å². The van der Waals surface area contributed by atoms with Crippen LogP contribution in [0, 0.1) is 17.2 Å². The van der Waals surface area contributed by atoms with E-state index in [9.17, 15) is 8.42 Å². The summed E-state index contributed by atoms with van der Waals surface area (Å²) < 4.78 is 26.8. The van der Waals surface area contributed by atoms with E-state index in [2.05, 4.69) is 0 Å². The zero-order valence-electron chi connectivity index (χ0n) is 12.8. The summed E-state index contributed by atoms with van der Waals surface area (Å²) >= 11 is 0. The summed E-state index contributed by atoms with van der Waals surface area (Å²) in [6.07, 6.45) is 3.58. The van der Waals surface area contributed by atoms with Crippen LogP contribution in [-0.4, -0.2) is 37.5 Å². The van der Waals surface area contributed by atoms with Gasteiger partial charge in [0, 0.05) is 19.7 Å². The third-order valence-electron chi connectivity index (χ3n) is 4.47. The molecule has 0 aliphatic heterocycles. The molecule has 0 spiro atoms. The minimum Gasteiger partial charge on any atom is -0.396 e. The molecule has 0 radical (unpaired) electrons. The van der Waals surface area contributed by atoms with E-state index in [-0.39, 0.29) is 24.0 Å². The Hall–Kier alpha value is -1.42. The average Bonchev–Trinajstić information content (AvgIpc) is 2.55. The predicted octanol–water partition coefficient (Wildman–Crippen LogP) is 1.92. The van der Waals surface area contributed by atoms with Crippen LogP contribution in [0.25, 0.3) is 0 Å². The molecule has 120 valence electrons. The number of rotatable bonds is 5. The van der Waals surface area contributed by atoms with Gasteiger partial charge in [-0.1, -0.05) is 12.1 Å². The molecule has 5 nitrogen and oxygen atoms in total. The molecule has 0 amide bonds. The summed E-state index contributed by atoms with van der Waals surface area (Å²) in [4.78, 5) is 0.265. The quantitative estimate of drug-likeness (QED) is 0.898. The molecule has 22 heavy (non-hydrogen) atoms. The standard InChI is InChI=1S/C16H22N2O3S/c1-18(15-6-2-14(12-19)3-7-15)22(20,21)16-8-4-13(5-9-16)10-11-17/h4-5,8-9,14-15,19H,2-3,6-7,10,12H2,1H3. The highest BCUT2D eigenvalue weighted by molar-refractivity contribution is 7.89. The first-order valence-corrected chi connectivity index (χ1v) is 8.98. The van der Waals surface area contributed by atoms with Gasteiger partial charge in [-0.25, -0.2) is 8.42 Å². The lowest BCUT2D eigenvalue weighted by atomic mass is 9.87. The lowest BCUT2D eigenvalue weighted by Gasteiger charge is -2.33. The lowest BCUT2D eigenvalue weighted by molar-refractivity contribution is 0.159. The van der Waals surface area contributed by atoms with E-state index >= 15 is 0 Å². The van der Waals surface area contributed by atoms with Crippen LogP contribution in [0.15, 0.2) is 29.2 Å². The molecule has 0 aromatic heterocycles. The Labute approximate surface area is 132 Å². The second-order valence-electron chi connectivity index (χ2n) is 5.86. The molecule has 1 N–H and O–H groups in total. The van der Waals surface area contributed by atoms with Crippen LogP contribution in [0.2, 0.25) is 0 Å². The van der Waals surface area contributed by atoms with Gasteiger partial charge >= 0.3 is 0 Å². The number of sulfonamides is 1. The van der Waals surface area contributed by atoms with Crippen molar-refractivity contribution in [2.45, 2.75) is 43.0 Å². The fraction of sp³-hybridized carbons (Fsp3) is 0.562. The van der Waals surface area contributed by atoms with E-state index in [1.54, 1.807) is 31.3 Å². The van der Waals surface area contributed by atoms with Gasteiger partial charge < -0.3 is 5.11 Å². The van der Waals surface area contributed by atoms with Crippen LogP contribution in [0.3, 0.4) is 0 Å². The maximum absolute atomic E-state index is 12.7. The van der Waals surface area contributed by atoms with Crippen molar-refractivity contribution in [3.05, 3.63) is 29.8 Å². The number of benzene rings is 1. The van der Waals surface area contributed by atoms with Crippen LogP contribution in [0.1, 0.15) is 31.2 Å². The minimum absolute atomic E-state index is 0.00779. The van der Waals surface area contributed by atoms with Gasteiger partial charge in [0.2, 0.25) is 10.0 Å². The fourth-order valence-corrected chi connectivity index (χ4v) is 4.34. The number of nitrogens with zero attached hydrogens (tertiary/aromatic N) is 2. The SMILES string of the molecule is CN(C1CCC(CO)CC1)S(=O)(=O)c1ccc(CC#N)cc1. The molecule has 0 unspecified atom stereocenters. The van der Waals surface area contributed by atoms with Crippen molar-refractivity contribution < 1.29 is 13.5 Å². The maximum Gasteiger partial charge on any atom is 0.243 e. The Morgan fingerprint density at radius 1 is 1.23 bits per heavy atom. The van der Waals surface area contributed by atoms with Gasteiger partial charge in [0.25, 0.3) is 0 Å². The molecule has 1 aromatic rings. The van der Waals surface area contributed by atoms with Crippen molar-refractivity contribution in [2.24, 2.45) is 5.92 Å². The third-order valence-corrected chi connectivity index (χ3v) is 6.40. The number of nitriles is 1. The number of hydrogen-bond donors (Lipinski definition) is 1. The molecule has 6 heteroatoms. The molecule has 1 aliphatic carbocycles. The first-order valence-electron chi connectivity index (χ1n) is 7.53. The van der Waals surface area contributed by atoms with Gasteiger partial charge in [-0.15, -0.1) is 0 Å². The first kappa shape index (κ1) is 16.9. The summed E-state index contributed by atoms with van der Waals surface area (Å²) in [5, 5.41) is 17.8. The highest BCUT2D eigenvalue weighted by Crippen LogP contribution is 2.29. The molecule has 0 heterocycles. The molecule has 1 fully saturated rings. The number of aliphatic hydroxyl groups excluding tert-OH is 1. The van der Waals surface area contributed by atoms with Gasteiger partial charge in [-0.2, -0.15) is 9.57 Å². The minimum atomic E-state index is -3.51. The van der Waals surface area contributed by atoms with E-state index in [1.807, 2.05) is 6.07 Å². The number of aliphatic hydroxyl groups is 1. The van der Waals surface area contributed by atoms with Crippen molar-refractivity contribution in [3.63, 3.8) is 0 Å². The van der Waals surface area contributed by atoms with Crippen molar-refractivity contribution in [3.8, 4) is 6.07 Å². The van der Waals surface area contributed by atoms with Crippen molar-refractivity contribution in [1.29, 1.82) is 5.26 Å². The van der Waals surface area contributed by atoms with Gasteiger partial charge in [0.05, 0.1) is 17.4 Å². The Bertz CT molecular complexity index is 626. The summed E-state index contributed by atoms with van der Waals surface area (Å²) in [6, 6.07) is 8.55. The molecule has 0 saturated heterocycles. The third kappa shape index (κ3) is 3.67. The van der Waals surface area contributed by atoms with Gasteiger partial charge in [-0.05, 0) is 49.3 Å². The molecule has 0 bridgehead atoms. The van der Waals surface area contributed by atoms with Crippen molar-refractivity contribution in [2.75, 3.05) is 13.7 Å². The van der Waals surface area contributed by atoms with E-state index in [4.69, 9.17) is 10.4 Å². The van der Waals surface area contributed by atoms with Crippen LogP contribution in [0.4, 0.5) is 0 Å². The van der Waals surface area contributed by atoms with E-state index < -0.39 is 10.0 Å². The average molecular weight is 322 g/mol. The molecule has 1 aromatic carbocycles. The highest BCUT2D eigenvalue weighted by atomic mass is 32.2. The second kappa shape index (κ2) is 7.23. The molecular formula is C16H22N2O3S. The molecule has 1 saturated carbocycles. The van der Waals surface area contributed by atoms with Crippen LogP contribution in [-0.2, 0) is 16.4 Å². The Balaban J connectivity index is 2.10. The molecule has 2 rings (SSSR count). The maximum atomic E-state index is 12.7. The molecule has 0 atom stereocenters. The van der Waals surface area contributed by atoms with Gasteiger partial charge in [0.1, 0.15) is 0 Å². The number of hydrogen-bond acceptors (Lipinski definition) is 4. The first-order chi connectivity index (χ1) is 10.5. The zero-order valence-corrected chi connectivity index (χ0v) is 13.6. The highest BCUT2D eigenvalue weighted by Gasteiger charge is 2.31. The van der Waals surface area contributed by atoms with Crippen LogP contribution >= 0.6 is 0 Å². The Morgan fingerprint density at radius 2 is 1.82 bits per heavy atom. The molecule has 1 aliphatic rings. The van der Waals surface area contributed by atoms with Crippen molar-refractivity contribution >= 4 is 10.0 Å². The largest absolute Gasteiger partial charge is 0.396 e. The summed E-state index contributed by atoms with van der Waals surface area (Å²) in [5.41, 5.74) is 0.813. The fourth-order valence-electron chi connectivity index (χ4n) is 2.92.